The van der Waals surface area contributed by atoms with Gasteiger partial charge in [0.15, 0.2) is 5.03 Å². The summed E-state index contributed by atoms with van der Waals surface area (Å²) in [5.41, 5.74) is 2.26. The Bertz CT molecular complexity index is 784. The Morgan fingerprint density at radius 3 is 2.90 bits per heavy atom. The standard InChI is InChI=1S/C13H14N4O3S/c1-9(18)17-5-4-10-6-11(2-3-12(10)17)16-21(19,20)13-7-14-8-15-13/h2-3,6-8,16H,4-5H2,1H3,(H,14,15). The van der Waals surface area contributed by atoms with Crippen molar-refractivity contribution < 1.29 is 13.2 Å². The van der Waals surface area contributed by atoms with Gasteiger partial charge in [-0.15, -0.1) is 0 Å². The zero-order chi connectivity index (χ0) is 15.0. The predicted molar refractivity (Wildman–Crippen MR) is 77.6 cm³/mol. The summed E-state index contributed by atoms with van der Waals surface area (Å²) in [6, 6.07) is 5.16. The lowest BCUT2D eigenvalue weighted by Crippen LogP contribution is -2.25. The van der Waals surface area contributed by atoms with Crippen molar-refractivity contribution in [3.8, 4) is 0 Å². The van der Waals surface area contributed by atoms with Gasteiger partial charge in [-0.3, -0.25) is 9.52 Å². The van der Waals surface area contributed by atoms with Crippen molar-refractivity contribution in [1.29, 1.82) is 0 Å². The van der Waals surface area contributed by atoms with Gasteiger partial charge in [0.25, 0.3) is 10.0 Å². The number of anilines is 2. The van der Waals surface area contributed by atoms with Gasteiger partial charge in [0.1, 0.15) is 0 Å². The number of amides is 1. The number of rotatable bonds is 3. The fourth-order valence-corrected chi connectivity index (χ4v) is 3.35. The highest BCUT2D eigenvalue weighted by Gasteiger charge is 2.23. The van der Waals surface area contributed by atoms with E-state index in [1.165, 1.54) is 19.4 Å². The van der Waals surface area contributed by atoms with Crippen LogP contribution in [0.4, 0.5) is 11.4 Å². The van der Waals surface area contributed by atoms with Crippen molar-refractivity contribution in [3.63, 3.8) is 0 Å². The van der Waals surface area contributed by atoms with Gasteiger partial charge in [-0.1, -0.05) is 0 Å². The molecule has 8 heteroatoms. The third-order valence-corrected chi connectivity index (χ3v) is 4.68. The smallest absolute Gasteiger partial charge is 0.278 e. The number of sulfonamides is 1. The number of fused-ring (bicyclic) bond motifs is 1. The number of nitrogens with zero attached hydrogens (tertiary/aromatic N) is 2. The van der Waals surface area contributed by atoms with Gasteiger partial charge in [-0.05, 0) is 30.2 Å². The molecule has 0 atom stereocenters. The second-order valence-corrected chi connectivity index (χ2v) is 6.44. The first-order valence-electron chi connectivity index (χ1n) is 6.39. The van der Waals surface area contributed by atoms with Gasteiger partial charge in [0.2, 0.25) is 5.91 Å². The van der Waals surface area contributed by atoms with Gasteiger partial charge in [0, 0.05) is 24.8 Å². The van der Waals surface area contributed by atoms with Crippen molar-refractivity contribution in [1.82, 2.24) is 9.97 Å². The minimum atomic E-state index is -3.67. The van der Waals surface area contributed by atoms with Crippen molar-refractivity contribution in [2.75, 3.05) is 16.2 Å². The molecule has 0 saturated carbocycles. The van der Waals surface area contributed by atoms with Crippen LogP contribution < -0.4 is 9.62 Å². The molecule has 7 nitrogen and oxygen atoms in total. The third-order valence-electron chi connectivity index (χ3n) is 3.37. The van der Waals surface area contributed by atoms with E-state index in [0.717, 1.165) is 11.3 Å². The summed E-state index contributed by atoms with van der Waals surface area (Å²) in [7, 11) is -3.67. The van der Waals surface area contributed by atoms with E-state index >= 15 is 0 Å². The lowest BCUT2D eigenvalue weighted by molar-refractivity contribution is -0.116. The molecule has 2 aromatic rings. The van der Waals surface area contributed by atoms with E-state index in [-0.39, 0.29) is 10.9 Å². The number of hydrogen-bond donors (Lipinski definition) is 2. The second-order valence-electron chi connectivity index (χ2n) is 4.79. The number of imidazole rings is 1. The highest BCUT2D eigenvalue weighted by Crippen LogP contribution is 2.31. The van der Waals surface area contributed by atoms with E-state index in [9.17, 15) is 13.2 Å². The van der Waals surface area contributed by atoms with Crippen molar-refractivity contribution in [2.45, 2.75) is 18.4 Å². The summed E-state index contributed by atoms with van der Waals surface area (Å²) in [6.45, 7) is 2.14. The van der Waals surface area contributed by atoms with Crippen LogP contribution in [0.1, 0.15) is 12.5 Å². The SMILES string of the molecule is CC(=O)N1CCc2cc(NS(=O)(=O)c3cnc[nH]3)ccc21. The zero-order valence-corrected chi connectivity index (χ0v) is 12.1. The Morgan fingerprint density at radius 2 is 2.24 bits per heavy atom. The fraction of sp³-hybridized carbons (Fsp3) is 0.231. The highest BCUT2D eigenvalue weighted by molar-refractivity contribution is 7.92. The predicted octanol–water partition coefficient (Wildman–Crippen LogP) is 1.12. The average Bonchev–Trinajstić information content (AvgIpc) is 3.07. The molecule has 0 aliphatic carbocycles. The van der Waals surface area contributed by atoms with Crippen molar-refractivity contribution in [2.24, 2.45) is 0 Å². The summed E-state index contributed by atoms with van der Waals surface area (Å²) in [5, 5.41) is 0.00774. The Hall–Kier alpha value is -2.35. The molecule has 21 heavy (non-hydrogen) atoms. The molecular formula is C13H14N4O3S. The van der Waals surface area contributed by atoms with Crippen LogP contribution in [0.25, 0.3) is 0 Å². The van der Waals surface area contributed by atoms with Crippen LogP contribution in [0, 0.1) is 0 Å². The molecule has 3 rings (SSSR count). The molecule has 1 aliphatic heterocycles. The largest absolute Gasteiger partial charge is 0.334 e. The molecule has 0 unspecified atom stereocenters. The van der Waals surface area contributed by atoms with Crippen molar-refractivity contribution in [3.05, 3.63) is 36.3 Å². The molecule has 110 valence electrons. The fourth-order valence-electron chi connectivity index (χ4n) is 2.39. The van der Waals surface area contributed by atoms with E-state index < -0.39 is 10.0 Å². The normalized spacial score (nSPS) is 14.0. The average molecular weight is 306 g/mol. The minimum absolute atomic E-state index is 0.00774. The van der Waals surface area contributed by atoms with Crippen molar-refractivity contribution >= 4 is 27.3 Å². The molecule has 0 radical (unpaired) electrons. The number of benzene rings is 1. The molecule has 1 aromatic carbocycles. The third kappa shape index (κ3) is 2.49. The summed E-state index contributed by atoms with van der Waals surface area (Å²) in [4.78, 5) is 19.4. The molecule has 0 fully saturated rings. The van der Waals surface area contributed by atoms with E-state index in [0.29, 0.717) is 18.7 Å². The van der Waals surface area contributed by atoms with Crippen LogP contribution in [-0.2, 0) is 21.2 Å². The summed E-state index contributed by atoms with van der Waals surface area (Å²) >= 11 is 0. The van der Waals surface area contributed by atoms with Gasteiger partial charge in [0.05, 0.1) is 12.5 Å². The summed E-state index contributed by atoms with van der Waals surface area (Å²) in [5.74, 6) is -0.0143. The number of hydrogen-bond acceptors (Lipinski definition) is 4. The maximum Gasteiger partial charge on any atom is 0.278 e. The number of aromatic nitrogens is 2. The van der Waals surface area contributed by atoms with Crippen LogP contribution in [0.3, 0.4) is 0 Å². The maximum atomic E-state index is 12.1. The number of aromatic amines is 1. The molecule has 0 saturated heterocycles. The van der Waals surface area contributed by atoms with Gasteiger partial charge < -0.3 is 9.88 Å². The molecule has 1 aromatic heterocycles. The van der Waals surface area contributed by atoms with E-state index in [1.54, 1.807) is 23.1 Å². The molecule has 2 N–H and O–H groups in total. The molecule has 2 heterocycles. The first-order chi connectivity index (χ1) is 9.97. The Balaban J connectivity index is 1.88. The maximum absolute atomic E-state index is 12.1. The molecule has 1 amide bonds. The number of carbonyl (C=O) groups excluding carboxylic acids is 1. The summed E-state index contributed by atoms with van der Waals surface area (Å²) < 4.78 is 26.7. The molecule has 0 bridgehead atoms. The van der Waals surface area contributed by atoms with Crippen LogP contribution in [0.2, 0.25) is 0 Å². The Morgan fingerprint density at radius 1 is 1.43 bits per heavy atom. The molecule has 1 aliphatic rings. The van der Waals surface area contributed by atoms with Gasteiger partial charge >= 0.3 is 0 Å². The number of H-pyrrole nitrogens is 1. The number of nitrogens with one attached hydrogen (secondary N) is 2. The van der Waals surface area contributed by atoms with Gasteiger partial charge in [-0.25, -0.2) is 4.98 Å². The molecule has 0 spiro atoms. The van der Waals surface area contributed by atoms with E-state index in [2.05, 4.69) is 14.7 Å². The lowest BCUT2D eigenvalue weighted by Gasteiger charge is -2.15. The first-order valence-corrected chi connectivity index (χ1v) is 7.88. The van der Waals surface area contributed by atoms with Crippen LogP contribution in [-0.4, -0.2) is 30.8 Å². The second kappa shape index (κ2) is 4.88. The van der Waals surface area contributed by atoms with Crippen LogP contribution in [0.15, 0.2) is 35.7 Å². The monoisotopic (exact) mass is 306 g/mol. The van der Waals surface area contributed by atoms with E-state index in [4.69, 9.17) is 0 Å². The lowest BCUT2D eigenvalue weighted by atomic mass is 10.1. The molecular weight excluding hydrogens is 292 g/mol. The van der Waals surface area contributed by atoms with Crippen LogP contribution >= 0.6 is 0 Å². The highest BCUT2D eigenvalue weighted by atomic mass is 32.2. The Labute approximate surface area is 122 Å². The number of carbonyl (C=O) groups is 1. The van der Waals surface area contributed by atoms with E-state index in [1.807, 2.05) is 0 Å². The Kier molecular flexibility index (Phi) is 3.17. The van der Waals surface area contributed by atoms with Crippen LogP contribution in [0.5, 0.6) is 0 Å². The minimum Gasteiger partial charge on any atom is -0.334 e. The quantitative estimate of drug-likeness (QED) is 0.888. The van der Waals surface area contributed by atoms with Gasteiger partial charge in [-0.2, -0.15) is 8.42 Å². The summed E-state index contributed by atoms with van der Waals surface area (Å²) in [6.07, 6.45) is 3.27. The zero-order valence-electron chi connectivity index (χ0n) is 11.3. The topological polar surface area (TPSA) is 95.2 Å². The first kappa shape index (κ1) is 13.6.